The van der Waals surface area contributed by atoms with Crippen LogP contribution in [0.25, 0.3) is 22.6 Å². The molecule has 1 heterocycles. The van der Waals surface area contributed by atoms with Gasteiger partial charge in [0, 0.05) is 29.7 Å². The van der Waals surface area contributed by atoms with Gasteiger partial charge in [0.25, 0.3) is 0 Å². The van der Waals surface area contributed by atoms with Crippen molar-refractivity contribution in [3.63, 3.8) is 0 Å². The summed E-state index contributed by atoms with van der Waals surface area (Å²) in [6.07, 6.45) is 0.428. The van der Waals surface area contributed by atoms with E-state index in [2.05, 4.69) is 15.0 Å². The summed E-state index contributed by atoms with van der Waals surface area (Å²) in [4.78, 5) is 17.4. The van der Waals surface area contributed by atoms with Crippen molar-refractivity contribution in [3.05, 3.63) is 90.3 Å². The normalized spacial score (nSPS) is 11.4. The number of benzene rings is 3. The molecule has 0 bridgehead atoms. The van der Waals surface area contributed by atoms with Crippen LogP contribution in [0.2, 0.25) is 0 Å². The highest BCUT2D eigenvalue weighted by Gasteiger charge is 2.18. The van der Waals surface area contributed by atoms with Gasteiger partial charge in [0.1, 0.15) is 5.69 Å². The van der Waals surface area contributed by atoms with Crippen LogP contribution >= 0.6 is 0 Å². The van der Waals surface area contributed by atoms with Crippen molar-refractivity contribution in [3.8, 4) is 22.6 Å². The van der Waals surface area contributed by atoms with Gasteiger partial charge < -0.3 is 9.73 Å². The van der Waals surface area contributed by atoms with Crippen LogP contribution in [0.1, 0.15) is 17.9 Å². The van der Waals surface area contributed by atoms with Crippen molar-refractivity contribution in [2.24, 2.45) is 0 Å². The second-order valence-electron chi connectivity index (χ2n) is 7.75. The smallest absolute Gasteiger partial charge is 0.240 e. The maximum Gasteiger partial charge on any atom is 0.240 e. The van der Waals surface area contributed by atoms with Crippen molar-refractivity contribution in [2.45, 2.75) is 24.7 Å². The number of nitrogens with zero attached hydrogens (tertiary/aromatic N) is 1. The molecule has 3 aromatic carbocycles. The summed E-state index contributed by atoms with van der Waals surface area (Å²) in [5.41, 5.74) is 3.56. The number of hydrogen-bond donors (Lipinski definition) is 2. The molecule has 0 saturated heterocycles. The van der Waals surface area contributed by atoms with E-state index in [0.29, 0.717) is 29.3 Å². The van der Waals surface area contributed by atoms with Crippen molar-refractivity contribution in [2.75, 3.05) is 12.4 Å². The first-order valence-electron chi connectivity index (χ1n) is 10.8. The standard InChI is InChI=1S/C26H25N3O4S/c1-18-13-14-21(17-22(18)34(31,32)27-2)28-23(30)15-16-24-29-25(19-9-5-3-6-10-19)26(33-24)20-11-7-4-8-12-20/h3-14,17,27H,15-16H2,1-2H3,(H,28,30). The average molecular weight is 476 g/mol. The number of aromatic nitrogens is 1. The Kier molecular flexibility index (Phi) is 6.90. The SMILES string of the molecule is CNS(=O)(=O)c1cc(NC(=O)CCc2nc(-c3ccccc3)c(-c3ccccc3)o2)ccc1C. The Morgan fingerprint density at radius 3 is 2.24 bits per heavy atom. The maximum absolute atomic E-state index is 12.6. The number of carbonyl (C=O) groups is 1. The average Bonchev–Trinajstić information content (AvgIpc) is 3.29. The van der Waals surface area contributed by atoms with Crippen LogP contribution in [0.5, 0.6) is 0 Å². The first kappa shape index (κ1) is 23.4. The first-order valence-corrected chi connectivity index (χ1v) is 12.3. The van der Waals surface area contributed by atoms with E-state index < -0.39 is 10.0 Å². The number of nitrogens with one attached hydrogen (secondary N) is 2. The number of carbonyl (C=O) groups excluding carboxylic acids is 1. The molecule has 0 aliphatic rings. The van der Waals surface area contributed by atoms with Gasteiger partial charge in [-0.25, -0.2) is 18.1 Å². The van der Waals surface area contributed by atoms with Crippen molar-refractivity contribution in [1.29, 1.82) is 0 Å². The van der Waals surface area contributed by atoms with Crippen LogP contribution in [-0.2, 0) is 21.2 Å². The van der Waals surface area contributed by atoms with Crippen LogP contribution in [0.3, 0.4) is 0 Å². The number of amides is 1. The summed E-state index contributed by atoms with van der Waals surface area (Å²) < 4.78 is 32.8. The Labute approximate surface area is 198 Å². The topological polar surface area (TPSA) is 101 Å². The summed E-state index contributed by atoms with van der Waals surface area (Å²) in [6, 6.07) is 24.3. The zero-order chi connectivity index (χ0) is 24.1. The number of aryl methyl sites for hydroxylation is 2. The van der Waals surface area contributed by atoms with E-state index in [-0.39, 0.29) is 17.2 Å². The van der Waals surface area contributed by atoms with Crippen LogP contribution in [-0.4, -0.2) is 26.4 Å². The highest BCUT2D eigenvalue weighted by atomic mass is 32.2. The third-order valence-electron chi connectivity index (χ3n) is 5.35. The molecule has 0 unspecified atom stereocenters. The van der Waals surface area contributed by atoms with Gasteiger partial charge in [0.2, 0.25) is 15.9 Å². The zero-order valence-corrected chi connectivity index (χ0v) is 19.7. The molecular formula is C26H25N3O4S. The number of oxazole rings is 1. The lowest BCUT2D eigenvalue weighted by Crippen LogP contribution is -2.20. The molecule has 4 rings (SSSR count). The molecule has 4 aromatic rings. The molecular weight excluding hydrogens is 450 g/mol. The molecule has 0 saturated carbocycles. The Bertz CT molecular complexity index is 1340. The summed E-state index contributed by atoms with van der Waals surface area (Å²) in [6.45, 7) is 1.70. The zero-order valence-electron chi connectivity index (χ0n) is 18.9. The Hall–Kier alpha value is -3.75. The molecule has 34 heavy (non-hydrogen) atoms. The molecule has 2 N–H and O–H groups in total. The first-order chi connectivity index (χ1) is 16.4. The summed E-state index contributed by atoms with van der Waals surface area (Å²) >= 11 is 0. The second-order valence-corrected chi connectivity index (χ2v) is 9.61. The Balaban J connectivity index is 1.52. The number of rotatable bonds is 8. The maximum atomic E-state index is 12.6. The minimum atomic E-state index is -3.62. The van der Waals surface area contributed by atoms with Gasteiger partial charge in [0.05, 0.1) is 4.90 Å². The molecule has 0 atom stereocenters. The predicted octanol–water partition coefficient (Wildman–Crippen LogP) is 4.80. The fraction of sp³-hybridized carbons (Fsp3) is 0.154. The highest BCUT2D eigenvalue weighted by Crippen LogP contribution is 2.33. The van der Waals surface area contributed by atoms with Crippen molar-refractivity contribution < 1.29 is 17.6 Å². The van der Waals surface area contributed by atoms with Crippen LogP contribution in [0.15, 0.2) is 88.2 Å². The molecule has 1 amide bonds. The van der Waals surface area contributed by atoms with Crippen molar-refractivity contribution >= 4 is 21.6 Å². The van der Waals surface area contributed by atoms with Gasteiger partial charge in [0.15, 0.2) is 11.7 Å². The van der Waals surface area contributed by atoms with Crippen LogP contribution in [0, 0.1) is 6.92 Å². The lowest BCUT2D eigenvalue weighted by Gasteiger charge is -2.10. The van der Waals surface area contributed by atoms with E-state index in [0.717, 1.165) is 16.8 Å². The molecule has 0 spiro atoms. The third-order valence-corrected chi connectivity index (χ3v) is 6.91. The third kappa shape index (κ3) is 5.24. The molecule has 8 heteroatoms. The van der Waals surface area contributed by atoms with Gasteiger partial charge in [-0.05, 0) is 31.7 Å². The van der Waals surface area contributed by atoms with Gasteiger partial charge in [-0.1, -0.05) is 66.7 Å². The molecule has 1 aromatic heterocycles. The lowest BCUT2D eigenvalue weighted by atomic mass is 10.1. The minimum Gasteiger partial charge on any atom is -0.440 e. The second kappa shape index (κ2) is 10.0. The molecule has 0 fully saturated rings. The van der Waals surface area contributed by atoms with Gasteiger partial charge in [-0.3, -0.25) is 4.79 Å². The number of anilines is 1. The molecule has 0 aliphatic carbocycles. The largest absolute Gasteiger partial charge is 0.440 e. The van der Waals surface area contributed by atoms with Gasteiger partial charge >= 0.3 is 0 Å². The number of hydrogen-bond acceptors (Lipinski definition) is 5. The van der Waals surface area contributed by atoms with E-state index in [1.807, 2.05) is 60.7 Å². The summed E-state index contributed by atoms with van der Waals surface area (Å²) in [7, 11) is -2.27. The Morgan fingerprint density at radius 2 is 1.59 bits per heavy atom. The fourth-order valence-corrected chi connectivity index (χ4v) is 4.56. The minimum absolute atomic E-state index is 0.125. The summed E-state index contributed by atoms with van der Waals surface area (Å²) in [5.74, 6) is 0.843. The molecule has 0 radical (unpaired) electrons. The van der Waals surface area contributed by atoms with E-state index >= 15 is 0 Å². The summed E-state index contributed by atoms with van der Waals surface area (Å²) in [5, 5.41) is 2.76. The van der Waals surface area contributed by atoms with Gasteiger partial charge in [-0.2, -0.15) is 0 Å². The predicted molar refractivity (Wildman–Crippen MR) is 132 cm³/mol. The highest BCUT2D eigenvalue weighted by molar-refractivity contribution is 7.89. The lowest BCUT2D eigenvalue weighted by molar-refractivity contribution is -0.116. The molecule has 0 aliphatic heterocycles. The molecule has 174 valence electrons. The van der Waals surface area contributed by atoms with Crippen LogP contribution < -0.4 is 10.0 Å². The fourth-order valence-electron chi connectivity index (χ4n) is 3.57. The van der Waals surface area contributed by atoms with E-state index in [1.54, 1.807) is 19.1 Å². The Morgan fingerprint density at radius 1 is 0.941 bits per heavy atom. The van der Waals surface area contributed by atoms with Crippen molar-refractivity contribution in [1.82, 2.24) is 9.71 Å². The van der Waals surface area contributed by atoms with E-state index in [9.17, 15) is 13.2 Å². The van der Waals surface area contributed by atoms with Crippen LogP contribution in [0.4, 0.5) is 5.69 Å². The van der Waals surface area contributed by atoms with E-state index in [4.69, 9.17) is 4.42 Å². The quantitative estimate of drug-likeness (QED) is 0.381. The van der Waals surface area contributed by atoms with E-state index in [1.165, 1.54) is 13.1 Å². The molecule has 7 nitrogen and oxygen atoms in total. The number of sulfonamides is 1. The van der Waals surface area contributed by atoms with Gasteiger partial charge in [-0.15, -0.1) is 0 Å². The monoisotopic (exact) mass is 475 g/mol.